The molecule has 2 fully saturated rings. The zero-order chi connectivity index (χ0) is 26.9. The molecule has 10 heteroatoms. The van der Waals surface area contributed by atoms with Crippen LogP contribution in [0.1, 0.15) is 41.4 Å². The third-order valence-electron chi connectivity index (χ3n) is 7.96. The van der Waals surface area contributed by atoms with E-state index in [2.05, 4.69) is 62.4 Å². The Kier molecular flexibility index (Phi) is 7.05. The Labute approximate surface area is 227 Å². The smallest absolute Gasteiger partial charge is 0.253 e. The fourth-order valence-electron chi connectivity index (χ4n) is 5.83. The number of aromatic nitrogens is 5. The van der Waals surface area contributed by atoms with Gasteiger partial charge < -0.3 is 19.4 Å². The molecule has 0 radical (unpaired) electrons. The Morgan fingerprint density at radius 3 is 2.72 bits per heavy atom. The highest BCUT2D eigenvalue weighted by molar-refractivity contribution is 5.80. The van der Waals surface area contributed by atoms with Crippen LogP contribution in [-0.2, 0) is 11.3 Å². The maximum Gasteiger partial charge on any atom is 0.253 e. The summed E-state index contributed by atoms with van der Waals surface area (Å²) in [5, 5.41) is 13.8. The molecule has 204 valence electrons. The normalized spacial score (nSPS) is 19.1. The second-order valence-corrected chi connectivity index (χ2v) is 10.6. The summed E-state index contributed by atoms with van der Waals surface area (Å²) in [6.45, 7) is 8.83. The number of hydrogen-bond donors (Lipinski definition) is 1. The van der Waals surface area contributed by atoms with Crippen molar-refractivity contribution in [2.24, 2.45) is 0 Å². The van der Waals surface area contributed by atoms with Crippen LogP contribution >= 0.6 is 0 Å². The van der Waals surface area contributed by atoms with Gasteiger partial charge in [0.05, 0.1) is 19.8 Å². The number of nitrogens with one attached hydrogen (secondary N) is 1. The van der Waals surface area contributed by atoms with E-state index in [0.717, 1.165) is 62.3 Å². The number of aryl methyl sites for hydroxylation is 2. The third kappa shape index (κ3) is 5.14. The van der Waals surface area contributed by atoms with E-state index in [4.69, 9.17) is 9.47 Å². The highest BCUT2D eigenvalue weighted by Gasteiger charge is 2.34. The molecule has 0 bridgehead atoms. The lowest BCUT2D eigenvalue weighted by molar-refractivity contribution is 0.0906. The lowest BCUT2D eigenvalue weighted by Crippen LogP contribution is -2.49. The molecule has 10 nitrogen and oxygen atoms in total. The molecule has 39 heavy (non-hydrogen) atoms. The first-order valence-corrected chi connectivity index (χ1v) is 13.6. The molecular formula is C29H35N7O3. The van der Waals surface area contributed by atoms with Gasteiger partial charge in [0.1, 0.15) is 11.8 Å². The van der Waals surface area contributed by atoms with Gasteiger partial charge in [0.15, 0.2) is 5.82 Å². The summed E-state index contributed by atoms with van der Waals surface area (Å²) in [6, 6.07) is 13.8. The van der Waals surface area contributed by atoms with Crippen molar-refractivity contribution in [1.29, 1.82) is 0 Å². The van der Waals surface area contributed by atoms with Crippen LogP contribution in [0.4, 0.5) is 5.69 Å². The number of H-pyrrole nitrogens is 1. The van der Waals surface area contributed by atoms with Crippen LogP contribution in [0.5, 0.6) is 5.75 Å². The number of methoxy groups -OCH3 is 1. The summed E-state index contributed by atoms with van der Waals surface area (Å²) in [7, 11) is 1.64. The highest BCUT2D eigenvalue weighted by Crippen LogP contribution is 2.31. The number of fused-ring (bicyclic) bond motifs is 1. The van der Waals surface area contributed by atoms with E-state index < -0.39 is 6.04 Å². The summed E-state index contributed by atoms with van der Waals surface area (Å²) in [5.74, 6) is 1.40. The lowest BCUT2D eigenvalue weighted by Gasteiger charge is -2.40. The molecule has 2 aliphatic rings. The van der Waals surface area contributed by atoms with Gasteiger partial charge in [-0.3, -0.25) is 9.69 Å². The van der Waals surface area contributed by atoms with E-state index in [1.165, 1.54) is 16.8 Å². The molecule has 0 amide bonds. The van der Waals surface area contributed by atoms with Crippen LogP contribution in [0, 0.1) is 13.8 Å². The van der Waals surface area contributed by atoms with Crippen molar-refractivity contribution in [1.82, 2.24) is 30.1 Å². The van der Waals surface area contributed by atoms with Crippen molar-refractivity contribution in [2.45, 2.75) is 45.4 Å². The fourth-order valence-corrected chi connectivity index (χ4v) is 5.83. The molecule has 0 saturated carbocycles. The van der Waals surface area contributed by atoms with Crippen LogP contribution in [0.15, 0.2) is 47.3 Å². The first-order chi connectivity index (χ1) is 19.0. The minimum atomic E-state index is -0.401. The second-order valence-electron chi connectivity index (χ2n) is 10.6. The number of hydrogen-bond acceptors (Lipinski definition) is 8. The Hall–Kier alpha value is -3.76. The topological polar surface area (TPSA) is 101 Å². The molecule has 1 N–H and O–H groups in total. The zero-order valence-electron chi connectivity index (χ0n) is 22.8. The monoisotopic (exact) mass is 529 g/mol. The van der Waals surface area contributed by atoms with E-state index >= 15 is 0 Å². The molecule has 0 aliphatic carbocycles. The van der Waals surface area contributed by atoms with E-state index in [1.807, 2.05) is 28.9 Å². The van der Waals surface area contributed by atoms with Crippen LogP contribution in [-0.4, -0.2) is 76.1 Å². The number of piperazine rings is 1. The summed E-state index contributed by atoms with van der Waals surface area (Å²) in [5.41, 5.74) is 5.04. The van der Waals surface area contributed by atoms with Gasteiger partial charge in [-0.05, 0) is 78.6 Å². The Morgan fingerprint density at radius 1 is 1.10 bits per heavy atom. The molecular weight excluding hydrogens is 494 g/mol. The van der Waals surface area contributed by atoms with Gasteiger partial charge in [-0.25, -0.2) is 4.68 Å². The third-order valence-corrected chi connectivity index (χ3v) is 7.96. The predicted octanol–water partition coefficient (Wildman–Crippen LogP) is 3.23. The van der Waals surface area contributed by atoms with Crippen molar-refractivity contribution in [3.05, 3.63) is 75.3 Å². The first kappa shape index (κ1) is 25.5. The molecule has 2 aromatic carbocycles. The molecule has 4 heterocycles. The van der Waals surface area contributed by atoms with E-state index in [-0.39, 0.29) is 11.7 Å². The van der Waals surface area contributed by atoms with E-state index in [1.54, 1.807) is 7.11 Å². The van der Waals surface area contributed by atoms with Crippen molar-refractivity contribution in [3.8, 4) is 5.75 Å². The summed E-state index contributed by atoms with van der Waals surface area (Å²) < 4.78 is 13.2. The van der Waals surface area contributed by atoms with Gasteiger partial charge in [-0.2, -0.15) is 0 Å². The number of pyridine rings is 1. The lowest BCUT2D eigenvalue weighted by atomic mass is 10.0. The molecule has 6 rings (SSSR count). The van der Waals surface area contributed by atoms with Gasteiger partial charge in [-0.1, -0.05) is 12.1 Å². The Morgan fingerprint density at radius 2 is 1.95 bits per heavy atom. The van der Waals surface area contributed by atoms with Crippen LogP contribution in [0.2, 0.25) is 0 Å². The summed E-state index contributed by atoms with van der Waals surface area (Å²) >= 11 is 0. The summed E-state index contributed by atoms with van der Waals surface area (Å²) in [4.78, 5) is 21.4. The van der Waals surface area contributed by atoms with Crippen LogP contribution in [0.3, 0.4) is 0 Å². The van der Waals surface area contributed by atoms with Crippen LogP contribution in [0.25, 0.3) is 10.9 Å². The highest BCUT2D eigenvalue weighted by atomic mass is 16.5. The van der Waals surface area contributed by atoms with Crippen molar-refractivity contribution >= 4 is 16.6 Å². The number of benzene rings is 2. The van der Waals surface area contributed by atoms with Gasteiger partial charge >= 0.3 is 0 Å². The van der Waals surface area contributed by atoms with E-state index in [0.29, 0.717) is 17.9 Å². The predicted molar refractivity (Wildman–Crippen MR) is 149 cm³/mol. The molecule has 0 spiro atoms. The van der Waals surface area contributed by atoms with Gasteiger partial charge in [0.25, 0.3) is 5.56 Å². The number of nitrogens with zero attached hydrogens (tertiary/aromatic N) is 6. The van der Waals surface area contributed by atoms with E-state index in [9.17, 15) is 4.79 Å². The number of rotatable bonds is 7. The quantitative estimate of drug-likeness (QED) is 0.390. The maximum atomic E-state index is 13.6. The zero-order valence-corrected chi connectivity index (χ0v) is 22.8. The average Bonchev–Trinajstić information content (AvgIpc) is 3.63. The van der Waals surface area contributed by atoms with Crippen molar-refractivity contribution < 1.29 is 9.47 Å². The number of tetrazole rings is 1. The Bertz CT molecular complexity index is 1520. The molecule has 0 unspecified atom stereocenters. The second kappa shape index (κ2) is 10.8. The first-order valence-electron chi connectivity index (χ1n) is 13.6. The molecule has 2 aromatic heterocycles. The SMILES string of the molecule is COc1ccc2[nH]c(=O)c([C@@H](c3nnnn3C[C@H]3CCCO3)N3CCN(c4cc(C)ccc4C)CC3)cc2c1. The van der Waals surface area contributed by atoms with Crippen molar-refractivity contribution in [2.75, 3.05) is 44.8 Å². The number of ether oxygens (including phenoxy) is 2. The molecule has 4 aromatic rings. The van der Waals surface area contributed by atoms with Gasteiger partial charge in [0.2, 0.25) is 0 Å². The average molecular weight is 530 g/mol. The minimum absolute atomic E-state index is 0.0770. The molecule has 2 atom stereocenters. The maximum absolute atomic E-state index is 13.6. The molecule has 2 saturated heterocycles. The number of anilines is 1. The minimum Gasteiger partial charge on any atom is -0.497 e. The molecule has 2 aliphatic heterocycles. The number of aromatic amines is 1. The van der Waals surface area contributed by atoms with Gasteiger partial charge in [-0.15, -0.1) is 5.10 Å². The van der Waals surface area contributed by atoms with Gasteiger partial charge in [0, 0.05) is 54.9 Å². The largest absolute Gasteiger partial charge is 0.497 e. The standard InChI is InChI=1S/C29H35N7O3/c1-19-6-7-20(2)26(15-19)34-10-12-35(13-11-34)27(28-31-32-33-36(28)18-23-5-4-14-39-23)24-17-21-16-22(38-3)8-9-25(21)30-29(24)37/h6-9,15-17,23,27H,4-5,10-14,18H2,1-3H3,(H,30,37)/t23-,27+/m1/s1. The summed E-state index contributed by atoms with van der Waals surface area (Å²) in [6.07, 6.45) is 2.10. The fraction of sp³-hybridized carbons (Fsp3) is 0.448. The Balaban J connectivity index is 1.37. The van der Waals surface area contributed by atoms with Crippen LogP contribution < -0.4 is 15.2 Å². The van der Waals surface area contributed by atoms with Crippen molar-refractivity contribution in [3.63, 3.8) is 0 Å².